The van der Waals surface area contributed by atoms with Gasteiger partial charge >= 0.3 is 0 Å². The predicted molar refractivity (Wildman–Crippen MR) is 63.2 cm³/mol. The van der Waals surface area contributed by atoms with Crippen molar-refractivity contribution in [2.24, 2.45) is 0 Å². The van der Waals surface area contributed by atoms with Crippen molar-refractivity contribution in [3.63, 3.8) is 0 Å². The van der Waals surface area contributed by atoms with E-state index in [0.717, 1.165) is 11.7 Å². The van der Waals surface area contributed by atoms with E-state index in [-0.39, 0.29) is 0 Å². The first kappa shape index (κ1) is 10.1. The SMILES string of the molecule is Cc1ccc(CNc2nncs2)c(C)c1. The van der Waals surface area contributed by atoms with E-state index < -0.39 is 0 Å². The lowest BCUT2D eigenvalue weighted by Crippen LogP contribution is -2.01. The summed E-state index contributed by atoms with van der Waals surface area (Å²) in [6.45, 7) is 5.04. The molecule has 15 heavy (non-hydrogen) atoms. The highest BCUT2D eigenvalue weighted by molar-refractivity contribution is 7.13. The van der Waals surface area contributed by atoms with Gasteiger partial charge in [0.1, 0.15) is 5.51 Å². The number of hydrogen-bond acceptors (Lipinski definition) is 4. The van der Waals surface area contributed by atoms with Gasteiger partial charge in [-0.25, -0.2) is 0 Å². The van der Waals surface area contributed by atoms with Gasteiger partial charge in [0.15, 0.2) is 0 Å². The Morgan fingerprint density at radius 3 is 2.87 bits per heavy atom. The lowest BCUT2D eigenvalue weighted by molar-refractivity contribution is 1.04. The maximum atomic E-state index is 3.94. The van der Waals surface area contributed by atoms with Gasteiger partial charge in [0, 0.05) is 6.54 Å². The van der Waals surface area contributed by atoms with Gasteiger partial charge < -0.3 is 5.32 Å². The van der Waals surface area contributed by atoms with E-state index in [4.69, 9.17) is 0 Å². The first-order valence-corrected chi connectivity index (χ1v) is 5.70. The minimum atomic E-state index is 0.807. The van der Waals surface area contributed by atoms with Crippen LogP contribution in [0.25, 0.3) is 0 Å². The Balaban J connectivity index is 2.05. The van der Waals surface area contributed by atoms with E-state index in [1.165, 1.54) is 28.0 Å². The summed E-state index contributed by atoms with van der Waals surface area (Å²) in [5, 5.41) is 11.8. The Morgan fingerprint density at radius 2 is 2.20 bits per heavy atom. The standard InChI is InChI=1S/C11H13N3S/c1-8-3-4-10(9(2)5-8)6-12-11-14-13-7-15-11/h3-5,7H,6H2,1-2H3,(H,12,14). The molecule has 2 aromatic rings. The smallest absolute Gasteiger partial charge is 0.205 e. The Hall–Kier alpha value is -1.42. The van der Waals surface area contributed by atoms with Gasteiger partial charge in [-0.15, -0.1) is 10.2 Å². The first-order chi connectivity index (χ1) is 7.25. The number of anilines is 1. The van der Waals surface area contributed by atoms with Crippen molar-refractivity contribution < 1.29 is 0 Å². The predicted octanol–water partition coefficient (Wildman–Crippen LogP) is 2.77. The van der Waals surface area contributed by atoms with Crippen molar-refractivity contribution in [3.8, 4) is 0 Å². The molecule has 0 aliphatic carbocycles. The number of aromatic nitrogens is 2. The molecule has 1 aromatic heterocycles. The quantitative estimate of drug-likeness (QED) is 0.862. The zero-order valence-electron chi connectivity index (χ0n) is 8.82. The zero-order valence-corrected chi connectivity index (χ0v) is 9.64. The molecule has 0 unspecified atom stereocenters. The maximum Gasteiger partial charge on any atom is 0.205 e. The maximum absolute atomic E-state index is 3.94. The Labute approximate surface area is 93.2 Å². The topological polar surface area (TPSA) is 37.8 Å². The average molecular weight is 219 g/mol. The summed E-state index contributed by atoms with van der Waals surface area (Å²) < 4.78 is 0. The van der Waals surface area contributed by atoms with Gasteiger partial charge in [-0.1, -0.05) is 35.1 Å². The lowest BCUT2D eigenvalue weighted by atomic mass is 10.1. The van der Waals surface area contributed by atoms with Gasteiger partial charge in [-0.2, -0.15) is 0 Å². The van der Waals surface area contributed by atoms with Gasteiger partial charge in [-0.3, -0.25) is 0 Å². The van der Waals surface area contributed by atoms with Crippen LogP contribution >= 0.6 is 11.3 Å². The summed E-state index contributed by atoms with van der Waals surface area (Å²) in [6, 6.07) is 6.47. The summed E-state index contributed by atoms with van der Waals surface area (Å²) in [7, 11) is 0. The van der Waals surface area contributed by atoms with Crippen LogP contribution < -0.4 is 5.32 Å². The molecular formula is C11H13N3S. The summed E-state index contributed by atoms with van der Waals surface area (Å²) >= 11 is 1.52. The van der Waals surface area contributed by atoms with Crippen molar-refractivity contribution in [1.82, 2.24) is 10.2 Å². The number of nitrogens with one attached hydrogen (secondary N) is 1. The van der Waals surface area contributed by atoms with E-state index in [1.54, 1.807) is 5.51 Å². The van der Waals surface area contributed by atoms with Crippen molar-refractivity contribution in [1.29, 1.82) is 0 Å². The van der Waals surface area contributed by atoms with Gasteiger partial charge in [0.2, 0.25) is 5.13 Å². The molecule has 3 nitrogen and oxygen atoms in total. The zero-order chi connectivity index (χ0) is 10.7. The fourth-order valence-corrected chi connectivity index (χ4v) is 1.91. The summed E-state index contributed by atoms with van der Waals surface area (Å²) in [4.78, 5) is 0. The third-order valence-corrected chi connectivity index (χ3v) is 2.94. The van der Waals surface area contributed by atoms with Crippen molar-refractivity contribution in [2.45, 2.75) is 20.4 Å². The van der Waals surface area contributed by atoms with E-state index in [0.29, 0.717) is 0 Å². The molecule has 1 heterocycles. The summed E-state index contributed by atoms with van der Waals surface area (Å²) in [6.07, 6.45) is 0. The van der Waals surface area contributed by atoms with Crippen LogP contribution in [0, 0.1) is 13.8 Å². The molecule has 0 atom stereocenters. The molecule has 0 aliphatic rings. The molecule has 1 N–H and O–H groups in total. The number of rotatable bonds is 3. The van der Waals surface area contributed by atoms with Crippen molar-refractivity contribution >= 4 is 16.5 Å². The van der Waals surface area contributed by atoms with Crippen molar-refractivity contribution in [3.05, 3.63) is 40.4 Å². The molecule has 0 fully saturated rings. The van der Waals surface area contributed by atoms with Crippen LogP contribution in [0.5, 0.6) is 0 Å². The molecule has 0 amide bonds. The molecular weight excluding hydrogens is 206 g/mol. The fraction of sp³-hybridized carbons (Fsp3) is 0.273. The van der Waals surface area contributed by atoms with Crippen LogP contribution in [-0.4, -0.2) is 10.2 Å². The van der Waals surface area contributed by atoms with Gasteiger partial charge in [-0.05, 0) is 25.0 Å². The van der Waals surface area contributed by atoms with E-state index in [1.807, 2.05) is 0 Å². The molecule has 0 bridgehead atoms. The Morgan fingerprint density at radius 1 is 1.33 bits per heavy atom. The second kappa shape index (κ2) is 4.40. The van der Waals surface area contributed by atoms with Crippen LogP contribution in [0.4, 0.5) is 5.13 Å². The fourth-order valence-electron chi connectivity index (χ4n) is 1.47. The monoisotopic (exact) mass is 219 g/mol. The highest BCUT2D eigenvalue weighted by Gasteiger charge is 2.00. The normalized spacial score (nSPS) is 10.3. The van der Waals surface area contributed by atoms with E-state index >= 15 is 0 Å². The minimum absolute atomic E-state index is 0.807. The molecule has 1 aromatic carbocycles. The molecule has 0 saturated carbocycles. The summed E-state index contributed by atoms with van der Waals surface area (Å²) in [5.41, 5.74) is 5.64. The van der Waals surface area contributed by atoms with Gasteiger partial charge in [0.25, 0.3) is 0 Å². The van der Waals surface area contributed by atoms with Crippen LogP contribution in [0.15, 0.2) is 23.7 Å². The molecule has 0 saturated heterocycles. The first-order valence-electron chi connectivity index (χ1n) is 4.82. The third kappa shape index (κ3) is 2.53. The second-order valence-corrected chi connectivity index (χ2v) is 4.36. The van der Waals surface area contributed by atoms with E-state index in [9.17, 15) is 0 Å². The minimum Gasteiger partial charge on any atom is -0.356 e. The molecule has 78 valence electrons. The Bertz CT molecular complexity index is 437. The lowest BCUT2D eigenvalue weighted by Gasteiger charge is -2.06. The number of benzene rings is 1. The molecule has 0 radical (unpaired) electrons. The molecule has 0 aliphatic heterocycles. The molecule has 4 heteroatoms. The average Bonchev–Trinajstić information content (AvgIpc) is 2.69. The number of hydrogen-bond donors (Lipinski definition) is 1. The number of aryl methyl sites for hydroxylation is 2. The molecule has 0 spiro atoms. The third-order valence-electron chi connectivity index (χ3n) is 2.29. The van der Waals surface area contributed by atoms with Crippen LogP contribution in [-0.2, 0) is 6.54 Å². The van der Waals surface area contributed by atoms with E-state index in [2.05, 4.69) is 47.6 Å². The molecule has 2 rings (SSSR count). The van der Waals surface area contributed by atoms with Crippen LogP contribution in [0.3, 0.4) is 0 Å². The van der Waals surface area contributed by atoms with Crippen LogP contribution in [0.2, 0.25) is 0 Å². The summed E-state index contributed by atoms with van der Waals surface area (Å²) in [5.74, 6) is 0. The highest BCUT2D eigenvalue weighted by atomic mass is 32.1. The van der Waals surface area contributed by atoms with Gasteiger partial charge in [0.05, 0.1) is 0 Å². The number of nitrogens with zero attached hydrogens (tertiary/aromatic N) is 2. The second-order valence-electron chi connectivity index (χ2n) is 3.53. The highest BCUT2D eigenvalue weighted by Crippen LogP contribution is 2.14. The Kier molecular flexibility index (Phi) is 2.97. The van der Waals surface area contributed by atoms with Crippen LogP contribution in [0.1, 0.15) is 16.7 Å². The largest absolute Gasteiger partial charge is 0.356 e. The van der Waals surface area contributed by atoms with Crippen molar-refractivity contribution in [2.75, 3.05) is 5.32 Å².